The lowest BCUT2D eigenvalue weighted by Gasteiger charge is -2.13. The van der Waals surface area contributed by atoms with Gasteiger partial charge in [-0.1, -0.05) is 29.8 Å². The van der Waals surface area contributed by atoms with Crippen LogP contribution in [-0.4, -0.2) is 20.9 Å². The van der Waals surface area contributed by atoms with E-state index >= 15 is 0 Å². The second-order valence-corrected chi connectivity index (χ2v) is 8.29. The first-order valence-electron chi connectivity index (χ1n) is 9.19. The van der Waals surface area contributed by atoms with Gasteiger partial charge in [0.25, 0.3) is 15.9 Å². The zero-order valence-electron chi connectivity index (χ0n) is 15.1. The van der Waals surface area contributed by atoms with Crippen molar-refractivity contribution in [2.45, 2.75) is 37.0 Å². The molecule has 0 heterocycles. The Morgan fingerprint density at radius 1 is 0.963 bits per heavy atom. The van der Waals surface area contributed by atoms with Gasteiger partial charge >= 0.3 is 0 Å². The Kier molecular flexibility index (Phi) is 6.29. The maximum absolute atomic E-state index is 12.4. The van der Waals surface area contributed by atoms with Gasteiger partial charge in [-0.05, 0) is 68.5 Å². The summed E-state index contributed by atoms with van der Waals surface area (Å²) in [6.45, 7) is 0.597. The average Bonchev–Trinajstić information content (AvgIpc) is 2.69. The summed E-state index contributed by atoms with van der Waals surface area (Å²) in [4.78, 5) is 12.4. The zero-order valence-corrected chi connectivity index (χ0v) is 16.0. The van der Waals surface area contributed by atoms with E-state index in [4.69, 9.17) is 0 Å². The Bertz CT molecular complexity index is 904. The van der Waals surface area contributed by atoms with Gasteiger partial charge in [-0.25, -0.2) is 8.42 Å². The predicted molar refractivity (Wildman–Crippen MR) is 107 cm³/mol. The van der Waals surface area contributed by atoms with E-state index in [-0.39, 0.29) is 10.8 Å². The summed E-state index contributed by atoms with van der Waals surface area (Å²) in [7, 11) is -3.68. The summed E-state index contributed by atoms with van der Waals surface area (Å²) in [6.07, 6.45) is 7.89. The molecule has 0 bridgehead atoms. The number of nitrogens with one attached hydrogen (secondary N) is 2. The molecule has 1 aliphatic rings. The third-order valence-corrected chi connectivity index (χ3v) is 5.97. The molecule has 3 rings (SSSR count). The van der Waals surface area contributed by atoms with Gasteiger partial charge in [-0.3, -0.25) is 9.52 Å². The summed E-state index contributed by atoms with van der Waals surface area (Å²) in [5.74, 6) is -0.189. The van der Waals surface area contributed by atoms with Crippen LogP contribution in [0.25, 0.3) is 0 Å². The van der Waals surface area contributed by atoms with Gasteiger partial charge in [0.2, 0.25) is 0 Å². The lowest BCUT2D eigenvalue weighted by molar-refractivity contribution is 0.0954. The summed E-state index contributed by atoms with van der Waals surface area (Å²) in [6, 6.07) is 14.7. The lowest BCUT2D eigenvalue weighted by atomic mass is 9.97. The van der Waals surface area contributed by atoms with Crippen molar-refractivity contribution in [1.82, 2.24) is 5.32 Å². The number of anilines is 1. The molecule has 0 saturated heterocycles. The van der Waals surface area contributed by atoms with Gasteiger partial charge in [0.05, 0.1) is 4.90 Å². The second-order valence-electron chi connectivity index (χ2n) is 6.61. The van der Waals surface area contributed by atoms with Gasteiger partial charge in [-0.2, -0.15) is 0 Å². The largest absolute Gasteiger partial charge is 0.352 e. The minimum Gasteiger partial charge on any atom is -0.352 e. The van der Waals surface area contributed by atoms with Crippen LogP contribution >= 0.6 is 0 Å². The first-order chi connectivity index (χ1) is 13.0. The van der Waals surface area contributed by atoms with Crippen LogP contribution in [0, 0.1) is 0 Å². The normalized spacial score (nSPS) is 14.3. The molecule has 1 aliphatic carbocycles. The molecule has 0 saturated carbocycles. The van der Waals surface area contributed by atoms with Gasteiger partial charge in [0.15, 0.2) is 0 Å². The number of carbonyl (C=O) groups is 1. The number of rotatable bonds is 7. The van der Waals surface area contributed by atoms with Gasteiger partial charge in [-0.15, -0.1) is 0 Å². The van der Waals surface area contributed by atoms with Crippen molar-refractivity contribution in [3.05, 3.63) is 71.8 Å². The molecule has 2 aromatic rings. The number of benzene rings is 2. The molecule has 0 atom stereocenters. The molecule has 0 unspecified atom stereocenters. The molecule has 0 radical (unpaired) electrons. The Hall–Kier alpha value is -2.60. The van der Waals surface area contributed by atoms with Crippen LogP contribution in [-0.2, 0) is 10.0 Å². The second kappa shape index (κ2) is 8.86. The van der Waals surface area contributed by atoms with Gasteiger partial charge in [0.1, 0.15) is 0 Å². The molecule has 5 nitrogen and oxygen atoms in total. The summed E-state index contributed by atoms with van der Waals surface area (Å²) < 4.78 is 27.3. The maximum atomic E-state index is 12.4. The molecule has 0 aliphatic heterocycles. The van der Waals surface area contributed by atoms with Crippen molar-refractivity contribution in [2.75, 3.05) is 11.3 Å². The number of amides is 1. The van der Waals surface area contributed by atoms with Crippen molar-refractivity contribution in [1.29, 1.82) is 0 Å². The van der Waals surface area contributed by atoms with Crippen LogP contribution in [0.2, 0.25) is 0 Å². The summed E-state index contributed by atoms with van der Waals surface area (Å²) in [5.41, 5.74) is 2.36. The van der Waals surface area contributed by atoms with E-state index in [2.05, 4.69) is 16.1 Å². The first-order valence-corrected chi connectivity index (χ1v) is 10.7. The van der Waals surface area contributed by atoms with E-state index in [1.807, 2.05) is 6.07 Å². The molecule has 6 heteroatoms. The van der Waals surface area contributed by atoms with E-state index in [9.17, 15) is 13.2 Å². The smallest absolute Gasteiger partial charge is 0.261 e. The molecule has 2 aromatic carbocycles. The van der Waals surface area contributed by atoms with E-state index in [0.29, 0.717) is 17.8 Å². The Labute approximate surface area is 160 Å². The summed E-state index contributed by atoms with van der Waals surface area (Å²) >= 11 is 0. The number of allylic oxidation sites excluding steroid dienone is 1. The van der Waals surface area contributed by atoms with Crippen molar-refractivity contribution in [2.24, 2.45) is 0 Å². The molecule has 0 fully saturated rings. The van der Waals surface area contributed by atoms with E-state index in [0.717, 1.165) is 19.3 Å². The predicted octanol–water partition coefficient (Wildman–Crippen LogP) is 4.11. The Morgan fingerprint density at radius 2 is 1.70 bits per heavy atom. The molecular formula is C21H24N2O3S. The molecule has 0 spiro atoms. The molecular weight excluding hydrogens is 360 g/mol. The monoisotopic (exact) mass is 384 g/mol. The van der Waals surface area contributed by atoms with Gasteiger partial charge < -0.3 is 5.32 Å². The topological polar surface area (TPSA) is 75.3 Å². The molecule has 1 amide bonds. The average molecular weight is 385 g/mol. The molecule has 2 N–H and O–H groups in total. The highest BCUT2D eigenvalue weighted by molar-refractivity contribution is 7.92. The van der Waals surface area contributed by atoms with Crippen LogP contribution in [0.5, 0.6) is 0 Å². The van der Waals surface area contributed by atoms with Gasteiger partial charge in [0, 0.05) is 17.8 Å². The van der Waals surface area contributed by atoms with Crippen molar-refractivity contribution in [3.8, 4) is 0 Å². The van der Waals surface area contributed by atoms with E-state index < -0.39 is 10.0 Å². The lowest BCUT2D eigenvalue weighted by Crippen LogP contribution is -2.25. The highest BCUT2D eigenvalue weighted by Gasteiger charge is 2.15. The Balaban J connectivity index is 1.57. The number of carbonyl (C=O) groups excluding carboxylic acids is 1. The van der Waals surface area contributed by atoms with Crippen LogP contribution in [0.3, 0.4) is 0 Å². The fourth-order valence-corrected chi connectivity index (χ4v) is 4.13. The van der Waals surface area contributed by atoms with Crippen LogP contribution in [0.4, 0.5) is 5.69 Å². The number of hydrogen-bond donors (Lipinski definition) is 2. The third-order valence-electron chi connectivity index (χ3n) is 4.57. The molecule has 142 valence electrons. The number of sulfonamides is 1. The van der Waals surface area contributed by atoms with E-state index in [1.165, 1.54) is 42.7 Å². The maximum Gasteiger partial charge on any atom is 0.261 e. The Morgan fingerprint density at radius 3 is 2.37 bits per heavy atom. The van der Waals surface area contributed by atoms with Crippen LogP contribution < -0.4 is 10.0 Å². The zero-order chi connectivity index (χ0) is 19.1. The van der Waals surface area contributed by atoms with Crippen LogP contribution in [0.15, 0.2) is 71.1 Å². The third kappa shape index (κ3) is 5.44. The fraction of sp³-hybridized carbons (Fsp3) is 0.286. The SMILES string of the molecule is O=C(NCCC1=CCCCC1)c1ccc(S(=O)(=O)Nc2ccccc2)cc1. The first kappa shape index (κ1) is 19.2. The highest BCUT2D eigenvalue weighted by Crippen LogP contribution is 2.19. The fourth-order valence-electron chi connectivity index (χ4n) is 3.08. The van der Waals surface area contributed by atoms with Crippen molar-refractivity contribution < 1.29 is 13.2 Å². The summed E-state index contributed by atoms with van der Waals surface area (Å²) in [5, 5.41) is 2.90. The molecule has 0 aromatic heterocycles. The van der Waals surface area contributed by atoms with Crippen molar-refractivity contribution in [3.63, 3.8) is 0 Å². The van der Waals surface area contributed by atoms with Crippen molar-refractivity contribution >= 4 is 21.6 Å². The van der Waals surface area contributed by atoms with E-state index in [1.54, 1.807) is 24.3 Å². The number of para-hydroxylation sites is 1. The quantitative estimate of drug-likeness (QED) is 0.706. The number of hydrogen-bond acceptors (Lipinski definition) is 3. The minimum absolute atomic E-state index is 0.121. The minimum atomic E-state index is -3.68. The molecule has 27 heavy (non-hydrogen) atoms. The standard InChI is InChI=1S/C21H24N2O3S/c24-21(22-16-15-17-7-3-1-4-8-17)18-11-13-20(14-12-18)27(25,26)23-19-9-5-2-6-10-19/h2,5-7,9-14,23H,1,3-4,8,15-16H2,(H,22,24). The highest BCUT2D eigenvalue weighted by atomic mass is 32.2. The van der Waals surface area contributed by atoms with Crippen LogP contribution in [0.1, 0.15) is 42.5 Å².